The summed E-state index contributed by atoms with van der Waals surface area (Å²) in [5.74, 6) is -0.475. The Kier molecular flexibility index (Phi) is 12.1. The molecule has 57 heavy (non-hydrogen) atoms. The van der Waals surface area contributed by atoms with Crippen LogP contribution >= 0.6 is 11.8 Å². The Balaban J connectivity index is 1.07. The molecule has 2 amide bonds. The number of sulfonamides is 1. The lowest BCUT2D eigenvalue weighted by atomic mass is 9.84. The standard InChI is InChI=1S/C40H40F3N7O5S2/c1-39(2,3)29-20-26(28-22-30(51)25-44-24-28)19-27(21-29)38(53)50-16-14-49(15-17-50)36-12-11-35(46-47-36)37(52)48-57(54,55)32-9-10-34(33(23-32)40(41,42)43)45-13-18-56-31-7-5-4-6-8-31/h4-12,19-25,45,51H,13-18H2,1-3H3,(H,48,52). The van der Waals surface area contributed by atoms with E-state index in [1.165, 1.54) is 30.1 Å². The third-order valence-electron chi connectivity index (χ3n) is 9.14. The molecule has 0 spiro atoms. The highest BCUT2D eigenvalue weighted by atomic mass is 32.2. The molecule has 298 valence electrons. The molecule has 12 nitrogen and oxygen atoms in total. The number of carbonyl (C=O) groups excluding carboxylic acids is 2. The minimum Gasteiger partial charge on any atom is -0.506 e. The van der Waals surface area contributed by atoms with Crippen molar-refractivity contribution in [3.63, 3.8) is 0 Å². The molecule has 2 aromatic heterocycles. The molecule has 0 saturated carbocycles. The van der Waals surface area contributed by atoms with Crippen LogP contribution in [-0.2, 0) is 21.6 Å². The van der Waals surface area contributed by atoms with Crippen LogP contribution in [0.15, 0.2) is 107 Å². The topological polar surface area (TPSA) is 158 Å². The summed E-state index contributed by atoms with van der Waals surface area (Å²) in [4.78, 5) is 34.6. The molecule has 0 bridgehead atoms. The maximum absolute atomic E-state index is 14.0. The highest BCUT2D eigenvalue weighted by Gasteiger charge is 2.35. The Morgan fingerprint density at radius 3 is 2.25 bits per heavy atom. The quantitative estimate of drug-likeness (QED) is 0.0947. The van der Waals surface area contributed by atoms with Gasteiger partial charge in [-0.25, -0.2) is 13.1 Å². The summed E-state index contributed by atoms with van der Waals surface area (Å²) in [7, 11) is -4.73. The Labute approximate surface area is 332 Å². The molecule has 0 radical (unpaired) electrons. The fourth-order valence-electron chi connectivity index (χ4n) is 6.06. The lowest BCUT2D eigenvalue weighted by molar-refractivity contribution is -0.137. The Bertz CT molecular complexity index is 2350. The molecule has 3 aromatic carbocycles. The van der Waals surface area contributed by atoms with E-state index < -0.39 is 32.6 Å². The molecule has 0 unspecified atom stereocenters. The summed E-state index contributed by atoms with van der Waals surface area (Å²) < 4.78 is 70.0. The van der Waals surface area contributed by atoms with E-state index in [9.17, 15) is 36.3 Å². The van der Waals surface area contributed by atoms with Gasteiger partial charge in [-0.05, 0) is 77.2 Å². The fraction of sp³-hybridized carbons (Fsp3) is 0.275. The first-order valence-corrected chi connectivity index (χ1v) is 20.3. The van der Waals surface area contributed by atoms with Crippen molar-refractivity contribution in [3.05, 3.63) is 120 Å². The van der Waals surface area contributed by atoms with Crippen molar-refractivity contribution in [2.75, 3.05) is 48.7 Å². The molecule has 0 aliphatic carbocycles. The van der Waals surface area contributed by atoms with E-state index >= 15 is 0 Å². The number of hydrogen-bond donors (Lipinski definition) is 3. The number of aromatic nitrogens is 3. The number of nitrogens with zero attached hydrogens (tertiary/aromatic N) is 5. The predicted molar refractivity (Wildman–Crippen MR) is 212 cm³/mol. The maximum atomic E-state index is 14.0. The number of carbonyl (C=O) groups is 2. The van der Waals surface area contributed by atoms with E-state index in [1.54, 1.807) is 28.0 Å². The summed E-state index contributed by atoms with van der Waals surface area (Å²) in [6.07, 6.45) is -1.91. The minimum atomic E-state index is -4.88. The highest BCUT2D eigenvalue weighted by Crippen LogP contribution is 2.37. The Morgan fingerprint density at radius 1 is 0.860 bits per heavy atom. The zero-order valence-corrected chi connectivity index (χ0v) is 32.9. The lowest BCUT2D eigenvalue weighted by Gasteiger charge is -2.35. The van der Waals surface area contributed by atoms with Crippen molar-refractivity contribution in [1.29, 1.82) is 0 Å². The van der Waals surface area contributed by atoms with Gasteiger partial charge in [0.1, 0.15) is 5.75 Å². The Morgan fingerprint density at radius 2 is 1.60 bits per heavy atom. The van der Waals surface area contributed by atoms with E-state index in [2.05, 4.69) is 20.5 Å². The molecule has 1 fully saturated rings. The highest BCUT2D eigenvalue weighted by molar-refractivity contribution is 7.99. The van der Waals surface area contributed by atoms with Crippen LogP contribution in [0.25, 0.3) is 11.1 Å². The molecule has 1 aliphatic rings. The van der Waals surface area contributed by atoms with Gasteiger partial charge in [-0.3, -0.25) is 14.6 Å². The molecule has 1 aliphatic heterocycles. The second-order valence-corrected chi connectivity index (χ2v) is 17.1. The number of benzene rings is 3. The van der Waals surface area contributed by atoms with Gasteiger partial charge in [-0.2, -0.15) is 13.2 Å². The van der Waals surface area contributed by atoms with Crippen LogP contribution < -0.4 is 14.9 Å². The first-order chi connectivity index (χ1) is 27.0. The molecule has 3 heterocycles. The van der Waals surface area contributed by atoms with E-state index in [0.29, 0.717) is 54.9 Å². The largest absolute Gasteiger partial charge is 0.506 e. The van der Waals surface area contributed by atoms with Gasteiger partial charge >= 0.3 is 6.18 Å². The van der Waals surface area contributed by atoms with Gasteiger partial charge < -0.3 is 20.2 Å². The second-order valence-electron chi connectivity index (χ2n) is 14.3. The number of halogens is 3. The number of pyridine rings is 1. The van der Waals surface area contributed by atoms with E-state index in [4.69, 9.17) is 0 Å². The molecular formula is C40H40F3N7O5S2. The maximum Gasteiger partial charge on any atom is 0.418 e. The predicted octanol–water partition coefficient (Wildman–Crippen LogP) is 6.85. The number of hydrogen-bond acceptors (Lipinski definition) is 11. The van der Waals surface area contributed by atoms with Crippen LogP contribution in [0.5, 0.6) is 5.75 Å². The van der Waals surface area contributed by atoms with Crippen LogP contribution in [0.2, 0.25) is 0 Å². The molecule has 3 N–H and O–H groups in total. The summed E-state index contributed by atoms with van der Waals surface area (Å²) in [6, 6.07) is 21.8. The van der Waals surface area contributed by atoms with E-state index in [1.807, 2.05) is 68.1 Å². The average Bonchev–Trinajstić information content (AvgIpc) is 3.18. The van der Waals surface area contributed by atoms with Crippen molar-refractivity contribution in [2.24, 2.45) is 0 Å². The van der Waals surface area contributed by atoms with E-state index in [-0.39, 0.29) is 35.0 Å². The van der Waals surface area contributed by atoms with E-state index in [0.717, 1.165) is 28.2 Å². The number of alkyl halides is 3. The first-order valence-electron chi connectivity index (χ1n) is 17.9. The summed E-state index contributed by atoms with van der Waals surface area (Å²) >= 11 is 1.45. The molecular weight excluding hydrogens is 780 g/mol. The number of amides is 2. The normalized spacial score (nSPS) is 13.6. The monoisotopic (exact) mass is 819 g/mol. The summed E-state index contributed by atoms with van der Waals surface area (Å²) in [6.45, 7) is 7.81. The number of aromatic hydroxyl groups is 1. The molecule has 1 saturated heterocycles. The van der Waals surface area contributed by atoms with Crippen LogP contribution in [0, 0.1) is 0 Å². The summed E-state index contributed by atoms with van der Waals surface area (Å²) in [5, 5.41) is 20.7. The van der Waals surface area contributed by atoms with Gasteiger partial charge in [0.15, 0.2) is 11.5 Å². The zero-order valence-electron chi connectivity index (χ0n) is 31.2. The van der Waals surface area contributed by atoms with Crippen LogP contribution in [-0.4, -0.2) is 83.9 Å². The number of nitrogens with one attached hydrogen (secondary N) is 2. The van der Waals surface area contributed by atoms with Gasteiger partial charge in [-0.1, -0.05) is 45.0 Å². The first kappa shape index (κ1) is 41.0. The van der Waals surface area contributed by atoms with Crippen molar-refractivity contribution >= 4 is 45.1 Å². The summed E-state index contributed by atoms with van der Waals surface area (Å²) in [5.41, 5.74) is 0.758. The smallest absolute Gasteiger partial charge is 0.418 e. The number of rotatable bonds is 11. The molecule has 5 aromatic rings. The molecule has 17 heteroatoms. The number of anilines is 2. The van der Waals surface area contributed by atoms with Gasteiger partial charge in [0.25, 0.3) is 21.8 Å². The second kappa shape index (κ2) is 16.8. The van der Waals surface area contributed by atoms with Crippen LogP contribution in [0.3, 0.4) is 0 Å². The fourth-order valence-corrected chi connectivity index (χ4v) is 7.83. The van der Waals surface area contributed by atoms with Gasteiger partial charge in [0.05, 0.1) is 16.7 Å². The van der Waals surface area contributed by atoms with Gasteiger partial charge in [0.2, 0.25) is 0 Å². The average molecular weight is 820 g/mol. The molecule has 6 rings (SSSR count). The van der Waals surface area contributed by atoms with Crippen LogP contribution in [0.1, 0.15) is 52.7 Å². The third kappa shape index (κ3) is 10.2. The van der Waals surface area contributed by atoms with Crippen molar-refractivity contribution in [3.8, 4) is 16.9 Å². The number of thioether (sulfide) groups is 1. The zero-order chi connectivity index (χ0) is 41.0. The third-order valence-corrected chi connectivity index (χ3v) is 11.5. The van der Waals surface area contributed by atoms with Crippen LogP contribution in [0.4, 0.5) is 24.7 Å². The Hall–Kier alpha value is -5.68. The van der Waals surface area contributed by atoms with Crippen molar-refractivity contribution in [2.45, 2.75) is 42.2 Å². The van der Waals surface area contributed by atoms with Gasteiger partial charge in [-0.15, -0.1) is 22.0 Å². The van der Waals surface area contributed by atoms with Crippen molar-refractivity contribution < 1.29 is 36.3 Å². The SMILES string of the molecule is CC(C)(C)c1cc(C(=O)N2CCN(c3ccc(C(=O)NS(=O)(=O)c4ccc(NCCSc5ccccc5)c(C(F)(F)F)c4)nn3)CC2)cc(-c2cncc(O)c2)c1. The van der Waals surface area contributed by atoms with Gasteiger partial charge in [0, 0.05) is 66.4 Å². The number of piperazine rings is 1. The van der Waals surface area contributed by atoms with Crippen molar-refractivity contribution in [1.82, 2.24) is 24.8 Å². The minimum absolute atomic E-state index is 0.0156. The molecule has 0 atom stereocenters. The lowest BCUT2D eigenvalue weighted by Crippen LogP contribution is -2.49.